The highest BCUT2D eigenvalue weighted by atomic mass is 35.5. The number of carboxylic acids is 1. The van der Waals surface area contributed by atoms with Gasteiger partial charge in [0.1, 0.15) is 5.82 Å². The monoisotopic (exact) mass is 280 g/mol. The smallest absolute Gasteiger partial charge is 0.310 e. The fourth-order valence-electron chi connectivity index (χ4n) is 1.80. The van der Waals surface area contributed by atoms with E-state index in [1.807, 2.05) is 30.3 Å². The van der Waals surface area contributed by atoms with E-state index >= 15 is 0 Å². The first-order chi connectivity index (χ1) is 8.59. The van der Waals surface area contributed by atoms with Crippen molar-refractivity contribution in [1.82, 2.24) is 0 Å². The van der Waals surface area contributed by atoms with Crippen molar-refractivity contribution in [2.75, 3.05) is 0 Å². The average molecular weight is 281 g/mol. The van der Waals surface area contributed by atoms with Crippen LogP contribution in [0, 0.1) is 5.82 Å². The third kappa shape index (κ3) is 3.32. The minimum Gasteiger partial charge on any atom is -0.481 e. The van der Waals surface area contributed by atoms with Crippen molar-refractivity contribution >= 4 is 18.4 Å². The van der Waals surface area contributed by atoms with E-state index in [0.29, 0.717) is 11.1 Å². The first-order valence-corrected chi connectivity index (χ1v) is 5.67. The normalized spacial score (nSPS) is 11.5. The Kier molecular flexibility index (Phi) is 5.07. The molecule has 100 valence electrons. The molecule has 2 aromatic carbocycles. The molecule has 1 atom stereocenters. The Morgan fingerprint density at radius 3 is 2.32 bits per heavy atom. The molecule has 0 unspecified atom stereocenters. The van der Waals surface area contributed by atoms with Gasteiger partial charge >= 0.3 is 5.97 Å². The summed E-state index contributed by atoms with van der Waals surface area (Å²) in [6.45, 7) is 1.54. The molecule has 0 heterocycles. The molecule has 0 bridgehead atoms. The molecule has 0 spiro atoms. The van der Waals surface area contributed by atoms with E-state index in [9.17, 15) is 9.18 Å². The van der Waals surface area contributed by atoms with Crippen LogP contribution in [0.15, 0.2) is 48.5 Å². The van der Waals surface area contributed by atoms with Gasteiger partial charge in [-0.1, -0.05) is 42.5 Å². The summed E-state index contributed by atoms with van der Waals surface area (Å²) in [5.41, 5.74) is 1.74. The predicted octanol–water partition coefficient (Wildman–Crippen LogP) is 4.10. The van der Waals surface area contributed by atoms with Gasteiger partial charge in [-0.15, -0.1) is 12.4 Å². The molecule has 4 heteroatoms. The maximum atomic E-state index is 14.0. The average Bonchev–Trinajstić information content (AvgIpc) is 2.38. The molecule has 2 aromatic rings. The van der Waals surface area contributed by atoms with Crippen molar-refractivity contribution in [3.8, 4) is 11.1 Å². The summed E-state index contributed by atoms with van der Waals surface area (Å²) in [6.07, 6.45) is 0. The van der Waals surface area contributed by atoms with Crippen LogP contribution in [0.3, 0.4) is 0 Å². The third-order valence-electron chi connectivity index (χ3n) is 2.95. The van der Waals surface area contributed by atoms with Crippen molar-refractivity contribution in [2.24, 2.45) is 0 Å². The maximum Gasteiger partial charge on any atom is 0.310 e. The van der Waals surface area contributed by atoms with Gasteiger partial charge in [0.2, 0.25) is 0 Å². The molecule has 0 radical (unpaired) electrons. The van der Waals surface area contributed by atoms with Crippen LogP contribution in [0.5, 0.6) is 0 Å². The van der Waals surface area contributed by atoms with Crippen LogP contribution in [0.2, 0.25) is 0 Å². The Balaban J connectivity index is 0.00000180. The zero-order valence-corrected chi connectivity index (χ0v) is 11.2. The molecule has 0 aromatic heterocycles. The van der Waals surface area contributed by atoms with Crippen LogP contribution < -0.4 is 0 Å². The van der Waals surface area contributed by atoms with Gasteiger partial charge in [0, 0.05) is 5.56 Å². The second-order valence-electron chi connectivity index (χ2n) is 4.17. The fraction of sp³-hybridized carbons (Fsp3) is 0.133. The number of carbonyl (C=O) groups is 1. The van der Waals surface area contributed by atoms with E-state index in [0.717, 1.165) is 5.56 Å². The summed E-state index contributed by atoms with van der Waals surface area (Å²) in [7, 11) is 0. The number of rotatable bonds is 3. The van der Waals surface area contributed by atoms with Gasteiger partial charge in [0.05, 0.1) is 5.92 Å². The quantitative estimate of drug-likeness (QED) is 0.919. The number of halogens is 2. The molecule has 19 heavy (non-hydrogen) atoms. The Bertz CT molecular complexity index is 570. The Hall–Kier alpha value is -1.87. The highest BCUT2D eigenvalue weighted by Crippen LogP contribution is 2.26. The summed E-state index contributed by atoms with van der Waals surface area (Å²) in [6, 6.07) is 13.7. The molecule has 0 aliphatic carbocycles. The van der Waals surface area contributed by atoms with E-state index in [1.54, 1.807) is 19.1 Å². The number of aliphatic carboxylic acids is 1. The maximum absolute atomic E-state index is 14.0. The van der Waals surface area contributed by atoms with Crippen LogP contribution in [-0.4, -0.2) is 11.1 Å². The minimum absolute atomic E-state index is 0. The molecule has 2 rings (SSSR count). The molecule has 1 N–H and O–H groups in total. The van der Waals surface area contributed by atoms with Gasteiger partial charge in [-0.05, 0) is 24.1 Å². The van der Waals surface area contributed by atoms with Crippen molar-refractivity contribution in [2.45, 2.75) is 12.8 Å². The van der Waals surface area contributed by atoms with E-state index in [-0.39, 0.29) is 12.4 Å². The highest BCUT2D eigenvalue weighted by Gasteiger charge is 2.15. The fourth-order valence-corrected chi connectivity index (χ4v) is 1.80. The molecule has 0 fully saturated rings. The van der Waals surface area contributed by atoms with Gasteiger partial charge in [-0.25, -0.2) is 4.39 Å². The minimum atomic E-state index is -0.957. The molecule has 2 nitrogen and oxygen atoms in total. The second-order valence-corrected chi connectivity index (χ2v) is 4.17. The molecule has 0 aliphatic rings. The zero-order valence-electron chi connectivity index (χ0n) is 10.3. The van der Waals surface area contributed by atoms with Gasteiger partial charge in [0.15, 0.2) is 0 Å². The molecule has 0 saturated heterocycles. The van der Waals surface area contributed by atoms with Gasteiger partial charge in [-0.2, -0.15) is 0 Å². The number of carboxylic acid groups (broad SMARTS) is 1. The van der Waals surface area contributed by atoms with Gasteiger partial charge in [-0.3, -0.25) is 4.79 Å². The van der Waals surface area contributed by atoms with E-state index in [1.165, 1.54) is 6.07 Å². The van der Waals surface area contributed by atoms with Crippen LogP contribution in [-0.2, 0) is 4.79 Å². The lowest BCUT2D eigenvalue weighted by atomic mass is 9.97. The van der Waals surface area contributed by atoms with Crippen LogP contribution >= 0.6 is 12.4 Å². The lowest BCUT2D eigenvalue weighted by Crippen LogP contribution is -2.07. The largest absolute Gasteiger partial charge is 0.481 e. The Labute approximate surface area is 117 Å². The standard InChI is InChI=1S/C15H13FO2.ClH/c1-10(15(17)18)12-7-8-13(14(16)9-12)11-5-3-2-4-6-11;/h2-10H,1H3,(H,17,18);1H/t10-;/m0./s1. The van der Waals surface area contributed by atoms with Gasteiger partial charge < -0.3 is 5.11 Å². The lowest BCUT2D eigenvalue weighted by Gasteiger charge is -2.09. The lowest BCUT2D eigenvalue weighted by molar-refractivity contribution is -0.138. The number of hydrogen-bond donors (Lipinski definition) is 1. The van der Waals surface area contributed by atoms with Crippen molar-refractivity contribution in [3.05, 3.63) is 59.9 Å². The summed E-state index contributed by atoms with van der Waals surface area (Å²) in [5.74, 6) is -2.06. The summed E-state index contributed by atoms with van der Waals surface area (Å²) in [4.78, 5) is 10.8. The zero-order chi connectivity index (χ0) is 13.1. The van der Waals surface area contributed by atoms with Crippen LogP contribution in [0.4, 0.5) is 4.39 Å². The Morgan fingerprint density at radius 2 is 1.79 bits per heavy atom. The first-order valence-electron chi connectivity index (χ1n) is 5.67. The summed E-state index contributed by atoms with van der Waals surface area (Å²) >= 11 is 0. The topological polar surface area (TPSA) is 37.3 Å². The number of benzene rings is 2. The third-order valence-corrected chi connectivity index (χ3v) is 2.95. The summed E-state index contributed by atoms with van der Waals surface area (Å²) < 4.78 is 14.0. The SMILES string of the molecule is C[C@H](C(=O)O)c1ccc(-c2ccccc2)c(F)c1.Cl. The predicted molar refractivity (Wildman–Crippen MR) is 75.1 cm³/mol. The molecule has 0 amide bonds. The number of hydrogen-bond acceptors (Lipinski definition) is 1. The summed E-state index contributed by atoms with van der Waals surface area (Å²) in [5, 5.41) is 8.89. The van der Waals surface area contributed by atoms with E-state index in [2.05, 4.69) is 0 Å². The van der Waals surface area contributed by atoms with Crippen molar-refractivity contribution in [1.29, 1.82) is 0 Å². The van der Waals surface area contributed by atoms with Crippen molar-refractivity contribution < 1.29 is 14.3 Å². The molecular formula is C15H14ClFO2. The van der Waals surface area contributed by atoms with Gasteiger partial charge in [0.25, 0.3) is 0 Å². The molecule has 0 aliphatic heterocycles. The highest BCUT2D eigenvalue weighted by molar-refractivity contribution is 5.85. The first kappa shape index (κ1) is 15.2. The molecule has 0 saturated carbocycles. The van der Waals surface area contributed by atoms with E-state index < -0.39 is 17.7 Å². The van der Waals surface area contributed by atoms with E-state index in [4.69, 9.17) is 5.11 Å². The van der Waals surface area contributed by atoms with Crippen molar-refractivity contribution in [3.63, 3.8) is 0 Å². The van der Waals surface area contributed by atoms with Crippen LogP contribution in [0.1, 0.15) is 18.4 Å². The van der Waals surface area contributed by atoms with Crippen LogP contribution in [0.25, 0.3) is 11.1 Å². The molecular weight excluding hydrogens is 267 g/mol. The second kappa shape index (κ2) is 6.34. The Morgan fingerprint density at radius 1 is 1.16 bits per heavy atom.